The van der Waals surface area contributed by atoms with Gasteiger partial charge >= 0.3 is 64.2 Å². The number of nitrogens with zero attached hydrogens (tertiary/aromatic N) is 9. The summed E-state index contributed by atoms with van der Waals surface area (Å²) in [5.74, 6) is -0.0608. The summed E-state index contributed by atoms with van der Waals surface area (Å²) in [6, 6.07) is 0. The molecule has 14 N–H and O–H groups in total. The Kier molecular flexibility index (Phi) is 24.5. The van der Waals surface area contributed by atoms with E-state index in [0.717, 1.165) is 37.8 Å². The number of aromatic nitrogens is 12. The zero-order valence-corrected chi connectivity index (χ0v) is 70.8. The van der Waals surface area contributed by atoms with E-state index in [1.54, 1.807) is 0 Å². The maximum Gasteiger partial charge on any atom is 0.469 e. The van der Waals surface area contributed by atoms with E-state index in [9.17, 15) is 72.4 Å². The number of hydrogen-bond acceptors (Lipinski definition) is 38. The van der Waals surface area contributed by atoms with E-state index >= 15 is 0 Å². The third-order valence-electron chi connectivity index (χ3n) is 20.8. The zero-order chi connectivity index (χ0) is 84.0. The van der Waals surface area contributed by atoms with Crippen molar-refractivity contribution in [1.29, 1.82) is 0 Å². The predicted octanol–water partition coefficient (Wildman–Crippen LogP) is -1.30. The summed E-state index contributed by atoms with van der Waals surface area (Å²) in [7, 11) is -4.18. The van der Waals surface area contributed by atoms with Crippen LogP contribution in [0.25, 0.3) is 11.2 Å². The van der Waals surface area contributed by atoms with Gasteiger partial charge < -0.3 is 115 Å². The summed E-state index contributed by atoms with van der Waals surface area (Å²) < 4.78 is 134. The van der Waals surface area contributed by atoms with Crippen molar-refractivity contribution >= 4 is 123 Å². The van der Waals surface area contributed by atoms with Crippen molar-refractivity contribution in [3.8, 4) is 0 Å². The minimum absolute atomic E-state index is 0.00213. The van der Waals surface area contributed by atoms with Crippen LogP contribution in [-0.4, -0.2) is 228 Å². The van der Waals surface area contributed by atoms with E-state index in [1.807, 2.05) is 0 Å². The molecule has 0 spiro atoms. The van der Waals surface area contributed by atoms with Crippen LogP contribution in [-0.2, 0) is 151 Å². The molecule has 0 aromatic carbocycles. The van der Waals surface area contributed by atoms with Crippen LogP contribution in [0.5, 0.6) is 0 Å². The topological polar surface area (TPSA) is 629 Å². The lowest BCUT2D eigenvalue weighted by Crippen LogP contribution is -2.52. The van der Waals surface area contributed by atoms with Gasteiger partial charge in [0.25, 0.3) is 16.7 Å². The molecule has 8 saturated heterocycles. The van der Waals surface area contributed by atoms with Gasteiger partial charge in [-0.2, -0.15) is 4.98 Å². The molecular formula is C57H76N14O34P6S5. The Morgan fingerprint density at radius 3 is 1.31 bits per heavy atom. The minimum Gasteiger partial charge on any atom is -0.383 e. The van der Waals surface area contributed by atoms with Gasteiger partial charge in [0.05, 0.1) is 69.9 Å². The number of ether oxygens (including phenoxy) is 8. The molecule has 0 aliphatic carbocycles. The van der Waals surface area contributed by atoms with Crippen LogP contribution < -0.4 is 50.9 Å². The van der Waals surface area contributed by atoms with Crippen LogP contribution in [0.4, 0.5) is 11.6 Å². The van der Waals surface area contributed by atoms with Crippen LogP contribution >= 0.6 is 41.4 Å². The van der Waals surface area contributed by atoms with E-state index in [0.29, 0.717) is 5.56 Å². The Morgan fingerprint density at radius 1 is 0.491 bits per heavy atom. The van der Waals surface area contributed by atoms with E-state index in [1.165, 1.54) is 78.1 Å². The molecule has 0 amide bonds. The predicted molar refractivity (Wildman–Crippen MR) is 410 cm³/mol. The highest BCUT2D eigenvalue weighted by molar-refractivity contribution is 8.08. The highest BCUT2D eigenvalue weighted by Crippen LogP contribution is 2.64. The normalized spacial score (nSPS) is 34.6. The van der Waals surface area contributed by atoms with Gasteiger partial charge in [0, 0.05) is 67.0 Å². The molecule has 8 aliphatic rings. The number of phosphoric ester groups is 1. The van der Waals surface area contributed by atoms with Gasteiger partial charge in [0.15, 0.2) is 30.1 Å². The molecule has 6 aromatic heterocycles. The third kappa shape index (κ3) is 17.1. The first-order valence-electron chi connectivity index (χ1n) is 34.6. The quantitative estimate of drug-likeness (QED) is 0.0225. The zero-order valence-electron chi connectivity index (χ0n) is 61.4. The molecule has 0 saturated carbocycles. The van der Waals surface area contributed by atoms with Gasteiger partial charge in [-0.1, -0.05) is 0 Å². The molecule has 48 nitrogen and oxygen atoms in total. The number of anilines is 2. The summed E-state index contributed by atoms with van der Waals surface area (Å²) in [6.07, 6.45) is -18.6. The van der Waals surface area contributed by atoms with Crippen LogP contribution in [0.1, 0.15) is 87.0 Å². The first-order valence-corrected chi connectivity index (χ1v) is 49.1. The Hall–Kier alpha value is -4.49. The van der Waals surface area contributed by atoms with Crippen molar-refractivity contribution in [1.82, 2.24) is 57.7 Å². The van der Waals surface area contributed by atoms with Crippen LogP contribution in [0.3, 0.4) is 0 Å². The Bertz CT molecular complexity index is 5640. The number of H-pyrrole nitrogens is 3. The largest absolute Gasteiger partial charge is 0.469 e. The molecule has 6 aromatic rings. The first-order chi connectivity index (χ1) is 54.2. The highest BCUT2D eigenvalue weighted by Gasteiger charge is 2.72. The number of nitrogens with one attached hydrogen (secondary N) is 3. The monoisotopic (exact) mass is 1850 g/mol. The van der Waals surface area contributed by atoms with Gasteiger partial charge in [0.2, 0.25) is 0 Å². The summed E-state index contributed by atoms with van der Waals surface area (Å²) >= 11 is 27.8. The van der Waals surface area contributed by atoms with E-state index in [4.69, 9.17) is 158 Å². The fourth-order valence-electron chi connectivity index (χ4n) is 14.9. The van der Waals surface area contributed by atoms with Crippen LogP contribution in [0.2, 0.25) is 0 Å². The first kappa shape index (κ1) is 87.8. The number of nitrogen functional groups attached to an aromatic ring is 2. The molecule has 14 rings (SSSR count). The Morgan fingerprint density at radius 2 is 0.871 bits per heavy atom. The maximum absolute atomic E-state index is 13.8. The molecule has 8 aliphatic heterocycles. The van der Waals surface area contributed by atoms with E-state index in [-0.39, 0.29) is 52.3 Å². The summed E-state index contributed by atoms with van der Waals surface area (Å²) in [5.41, 5.74) is 0.148. The third-order valence-corrected chi connectivity index (χ3v) is 29.2. The maximum atomic E-state index is 13.8. The van der Waals surface area contributed by atoms with Crippen molar-refractivity contribution in [2.45, 2.75) is 189 Å². The van der Waals surface area contributed by atoms with Gasteiger partial charge in [-0.25, -0.2) is 38.7 Å². The van der Waals surface area contributed by atoms with Crippen molar-refractivity contribution in [3.63, 3.8) is 0 Å². The number of nitrogens with two attached hydrogens (primary N) is 2. The smallest absolute Gasteiger partial charge is 0.383 e. The van der Waals surface area contributed by atoms with E-state index in [2.05, 4.69) is 34.9 Å². The number of fused-ring (bicyclic) bond motifs is 7. The second-order valence-electron chi connectivity index (χ2n) is 28.2. The SMILES string of the molecule is COP(O)(=S)OC1C[C@H](n2cnc3c(N)ncnc32)O[C@@H]1COP(O)(=S)OC1C[C@H](n2cc(C)c(=O)[nH]c2=O)O[C@@H]1COP(O)(=S)OC1[C@@H]2O[C@@H](C)[C@]1(COP(O)(=S)OC1[C@@H]3O[C@@H](C)[C@]1(COP(O)(=S)OC1[C@@H]4O[C@@H](C)[C@]1(COP(=O)(O)O)O[C@H]4n1cc(C)c(N)nc1=O)O[C@H]3n1cc(C)c(=O)[nH]c1=O)O[C@H]2n1cc(C)c(=O)[nH]c1=O. The average molecular weight is 1850 g/mol. The number of hydrogen-bond donors (Lipinski definition) is 12. The lowest BCUT2D eigenvalue weighted by molar-refractivity contribution is -0.219. The number of phosphoric acid groups is 1. The second-order valence-corrected chi connectivity index (χ2v) is 43.5. The number of rotatable bonds is 31. The molecule has 116 heavy (non-hydrogen) atoms. The number of aryl methyl sites for hydroxylation is 4. The highest BCUT2D eigenvalue weighted by atomic mass is 32.5. The lowest BCUT2D eigenvalue weighted by Gasteiger charge is -2.39. The fourth-order valence-corrected chi connectivity index (χ4v) is 22.0. The summed E-state index contributed by atoms with van der Waals surface area (Å²) in [6.45, 7) is -17.6. The molecular weight excluding hydrogens is 1770 g/mol. The molecule has 6 bridgehead atoms. The van der Waals surface area contributed by atoms with Crippen molar-refractivity contribution < 1.29 is 126 Å². The molecule has 8 fully saturated rings. The van der Waals surface area contributed by atoms with Gasteiger partial charge in [-0.05, 0) is 108 Å². The van der Waals surface area contributed by atoms with Crippen molar-refractivity contribution in [2.75, 3.05) is 51.6 Å². The van der Waals surface area contributed by atoms with Crippen molar-refractivity contribution in [2.24, 2.45) is 0 Å². The fraction of sp³-hybridized carbons (Fsp3) is 0.632. The molecule has 59 heteroatoms. The Labute approximate surface area is 676 Å². The standard InChI is InChI=1S/C57H76N14O34P6S5/c1-22-11-68(51(75)63-42(22)58)48-36-39(55(98-48,26(5)93-36)17-90-106(79,80)81)104-110(85,115)92-19-57-28(7)95-38(50(100-57)70-14-25(4)47(74)66-54(70)78)41(57)105-111(86,116)91-18-56-27(6)94-37(49(99-56)69-13-24(3)46(73)65-53(69)77)40(56)103-109(84,114)89-16-32-30(9-33(96-32)67-12-23(2)45(72)64-52(67)76)102-108(83,113)88-15-31-29(101-107(82,112)87-8)10-34(97-31)71-21-62-35-43(59)60-20-61-44(35)71/h11-14,20-21,26-34,36-41,48-50H,9-10,15-19H2,1-8H3,(H,82,112)(H,83,113)(H,84,114)(H,85,115)(H,86,116)(H2,58,63,75)(H2,59,60,61)(H,64,72,76)(H,65,73,77)(H,66,74,78)(H2,79,80,81)/t26-,27-,28-,29?,30?,31+,32+,33+,34+,36-,37-,38-,39?,40?,41?,48+,49+,50+,55-,56-,57-,107?,108?,109?,110?,111?/m0/s1. The van der Waals surface area contributed by atoms with Gasteiger partial charge in [-0.3, -0.25) is 70.3 Å². The molecule has 14 heterocycles. The molecule has 0 radical (unpaired) electrons. The molecule has 638 valence electrons. The van der Waals surface area contributed by atoms with Gasteiger partial charge in [-0.15, -0.1) is 0 Å². The molecule has 10 unspecified atom stereocenters. The number of imidazole rings is 1. The lowest BCUT2D eigenvalue weighted by atomic mass is 9.94. The number of aromatic amines is 3. The Balaban J connectivity index is 0.724. The van der Waals surface area contributed by atoms with Gasteiger partial charge in [0.1, 0.15) is 95.8 Å². The average Bonchev–Trinajstić information content (AvgIpc) is 1.55. The summed E-state index contributed by atoms with van der Waals surface area (Å²) in [5, 5.41) is 0. The van der Waals surface area contributed by atoms with Crippen molar-refractivity contribution in [3.05, 3.63) is 133 Å². The van der Waals surface area contributed by atoms with Crippen LogP contribution in [0, 0.1) is 27.7 Å². The second kappa shape index (κ2) is 32.3. The minimum atomic E-state index is -5.31. The van der Waals surface area contributed by atoms with E-state index < -0.39 is 241 Å². The molecule has 26 atom stereocenters. The van der Waals surface area contributed by atoms with Crippen LogP contribution in [0.15, 0.2) is 71.0 Å². The summed E-state index contributed by atoms with van der Waals surface area (Å²) in [4.78, 5) is 195.